The number of sulfonamides is 1. The monoisotopic (exact) mass is 277 g/mol. The predicted octanol–water partition coefficient (Wildman–Crippen LogP) is 0.601. The fourth-order valence-electron chi connectivity index (χ4n) is 1.34. The molecule has 0 saturated heterocycles. The highest BCUT2D eigenvalue weighted by Gasteiger charge is 2.23. The molecule has 0 aliphatic rings. The molecule has 0 radical (unpaired) electrons. The Morgan fingerprint density at radius 1 is 1.56 bits per heavy atom. The van der Waals surface area contributed by atoms with E-state index in [9.17, 15) is 13.2 Å². The van der Waals surface area contributed by atoms with E-state index in [-0.39, 0.29) is 17.2 Å². The third-order valence-corrected chi connectivity index (χ3v) is 3.76. The van der Waals surface area contributed by atoms with Crippen molar-refractivity contribution in [2.75, 3.05) is 20.3 Å². The van der Waals surface area contributed by atoms with Crippen LogP contribution in [0.4, 0.5) is 0 Å². The smallest absolute Gasteiger partial charge is 0.371 e. The molecular formula is C10H15NO6S. The third-order valence-electron chi connectivity index (χ3n) is 2.19. The number of hydrogen-bond acceptors (Lipinski definition) is 5. The second kappa shape index (κ2) is 5.98. The lowest BCUT2D eigenvalue weighted by Crippen LogP contribution is -2.25. The van der Waals surface area contributed by atoms with Crippen LogP contribution in [-0.2, 0) is 14.8 Å². The molecular weight excluding hydrogens is 262 g/mol. The van der Waals surface area contributed by atoms with Crippen molar-refractivity contribution in [3.8, 4) is 0 Å². The van der Waals surface area contributed by atoms with E-state index in [0.29, 0.717) is 13.0 Å². The third kappa shape index (κ3) is 3.56. The number of methoxy groups -OCH3 is 1. The van der Waals surface area contributed by atoms with E-state index >= 15 is 0 Å². The Bertz CT molecular complexity index is 518. The van der Waals surface area contributed by atoms with E-state index in [1.807, 2.05) is 0 Å². The average Bonchev–Trinajstić information content (AvgIpc) is 2.68. The van der Waals surface area contributed by atoms with Crippen LogP contribution in [0.2, 0.25) is 0 Å². The van der Waals surface area contributed by atoms with Crippen molar-refractivity contribution in [3.63, 3.8) is 0 Å². The van der Waals surface area contributed by atoms with Gasteiger partial charge in [-0.3, -0.25) is 0 Å². The van der Waals surface area contributed by atoms with Gasteiger partial charge in [-0.25, -0.2) is 17.9 Å². The van der Waals surface area contributed by atoms with Gasteiger partial charge in [-0.05, 0) is 13.3 Å². The Balaban J connectivity index is 2.81. The number of carbonyl (C=O) groups is 1. The quantitative estimate of drug-likeness (QED) is 0.707. The van der Waals surface area contributed by atoms with Gasteiger partial charge in [-0.15, -0.1) is 0 Å². The molecule has 1 rings (SSSR count). The number of ether oxygens (including phenoxy) is 1. The molecule has 0 fully saturated rings. The zero-order valence-corrected chi connectivity index (χ0v) is 10.9. The molecule has 7 nitrogen and oxygen atoms in total. The van der Waals surface area contributed by atoms with Crippen molar-refractivity contribution in [3.05, 3.63) is 17.6 Å². The highest BCUT2D eigenvalue weighted by Crippen LogP contribution is 2.19. The second-order valence-electron chi connectivity index (χ2n) is 3.58. The van der Waals surface area contributed by atoms with Gasteiger partial charge >= 0.3 is 5.97 Å². The van der Waals surface area contributed by atoms with Crippen LogP contribution in [0.25, 0.3) is 0 Å². The number of aromatic carboxylic acids is 1. The number of nitrogens with one attached hydrogen (secondary N) is 1. The molecule has 0 unspecified atom stereocenters. The van der Waals surface area contributed by atoms with Crippen LogP contribution >= 0.6 is 0 Å². The normalized spacial score (nSPS) is 11.7. The van der Waals surface area contributed by atoms with E-state index < -0.39 is 21.8 Å². The van der Waals surface area contributed by atoms with Crippen LogP contribution in [0.1, 0.15) is 22.7 Å². The van der Waals surface area contributed by atoms with Crippen LogP contribution in [-0.4, -0.2) is 39.8 Å². The first kappa shape index (κ1) is 14.7. The Morgan fingerprint density at radius 3 is 2.72 bits per heavy atom. The molecule has 0 bridgehead atoms. The SMILES string of the molecule is COCCCNS(=O)(=O)c1cc(C(=O)O)oc1C. The van der Waals surface area contributed by atoms with Crippen molar-refractivity contribution >= 4 is 16.0 Å². The average molecular weight is 277 g/mol. The zero-order chi connectivity index (χ0) is 13.8. The van der Waals surface area contributed by atoms with Crippen LogP contribution in [0, 0.1) is 6.92 Å². The van der Waals surface area contributed by atoms with E-state index in [0.717, 1.165) is 6.07 Å². The molecule has 0 spiro atoms. The summed E-state index contributed by atoms with van der Waals surface area (Å²) < 4.78 is 35.7. The summed E-state index contributed by atoms with van der Waals surface area (Å²) in [5.74, 6) is -1.66. The highest BCUT2D eigenvalue weighted by atomic mass is 32.2. The topological polar surface area (TPSA) is 106 Å². The Kier molecular flexibility index (Phi) is 4.88. The largest absolute Gasteiger partial charge is 0.475 e. The summed E-state index contributed by atoms with van der Waals surface area (Å²) in [6, 6.07) is 0.996. The molecule has 0 aromatic carbocycles. The lowest BCUT2D eigenvalue weighted by atomic mass is 10.4. The first-order chi connectivity index (χ1) is 8.38. The van der Waals surface area contributed by atoms with E-state index in [4.69, 9.17) is 14.3 Å². The van der Waals surface area contributed by atoms with Gasteiger partial charge in [0.15, 0.2) is 0 Å². The fraction of sp³-hybridized carbons (Fsp3) is 0.500. The molecule has 0 saturated carbocycles. The van der Waals surface area contributed by atoms with Crippen LogP contribution in [0.5, 0.6) is 0 Å². The summed E-state index contributed by atoms with van der Waals surface area (Å²) in [5, 5.41) is 8.71. The molecule has 8 heteroatoms. The van der Waals surface area contributed by atoms with Crippen molar-refractivity contribution < 1.29 is 27.5 Å². The maximum atomic E-state index is 11.8. The molecule has 2 N–H and O–H groups in total. The van der Waals surface area contributed by atoms with Gasteiger partial charge in [0.05, 0.1) is 0 Å². The summed E-state index contributed by atoms with van der Waals surface area (Å²) in [6.07, 6.45) is 0.526. The Morgan fingerprint density at radius 2 is 2.22 bits per heavy atom. The number of rotatable bonds is 7. The summed E-state index contributed by atoms with van der Waals surface area (Å²) in [4.78, 5) is 10.5. The Hall–Kier alpha value is -1.38. The summed E-state index contributed by atoms with van der Waals surface area (Å²) in [7, 11) is -2.23. The number of aryl methyl sites for hydroxylation is 1. The van der Waals surface area contributed by atoms with Gasteiger partial charge in [-0.2, -0.15) is 0 Å². The summed E-state index contributed by atoms with van der Waals surface area (Å²) in [5.41, 5.74) is 0. The van der Waals surface area contributed by atoms with Crippen LogP contribution in [0.15, 0.2) is 15.4 Å². The number of furan rings is 1. The maximum Gasteiger partial charge on any atom is 0.371 e. The lowest BCUT2D eigenvalue weighted by Gasteiger charge is -2.04. The Labute approximate surface area is 105 Å². The molecule has 102 valence electrons. The highest BCUT2D eigenvalue weighted by molar-refractivity contribution is 7.89. The van der Waals surface area contributed by atoms with Crippen LogP contribution in [0.3, 0.4) is 0 Å². The minimum absolute atomic E-state index is 0.0478. The van der Waals surface area contributed by atoms with Crippen molar-refractivity contribution in [1.29, 1.82) is 0 Å². The van der Waals surface area contributed by atoms with Crippen molar-refractivity contribution in [2.24, 2.45) is 0 Å². The minimum Gasteiger partial charge on any atom is -0.475 e. The summed E-state index contributed by atoms with van der Waals surface area (Å²) in [6.45, 7) is 2.05. The standard InChI is InChI=1S/C10H15NO6S/c1-7-9(6-8(17-7)10(12)13)18(14,15)11-4-3-5-16-2/h6,11H,3-5H2,1-2H3,(H,12,13). The molecule has 0 aliphatic heterocycles. The van der Waals surface area contributed by atoms with Gasteiger partial charge in [0, 0.05) is 26.3 Å². The van der Waals surface area contributed by atoms with E-state index in [1.54, 1.807) is 0 Å². The summed E-state index contributed by atoms with van der Waals surface area (Å²) >= 11 is 0. The second-order valence-corrected chi connectivity index (χ2v) is 5.32. The fourth-order valence-corrected chi connectivity index (χ4v) is 2.59. The molecule has 18 heavy (non-hydrogen) atoms. The van der Waals surface area contributed by atoms with Gasteiger partial charge in [-0.1, -0.05) is 0 Å². The predicted molar refractivity (Wildman–Crippen MR) is 62.1 cm³/mol. The van der Waals surface area contributed by atoms with Crippen molar-refractivity contribution in [2.45, 2.75) is 18.2 Å². The number of carboxylic acids is 1. The van der Waals surface area contributed by atoms with E-state index in [1.165, 1.54) is 14.0 Å². The molecule has 0 amide bonds. The zero-order valence-electron chi connectivity index (χ0n) is 10.1. The molecule has 1 aromatic rings. The van der Waals surface area contributed by atoms with Crippen LogP contribution < -0.4 is 4.72 Å². The first-order valence-corrected chi connectivity index (χ1v) is 6.69. The van der Waals surface area contributed by atoms with Gasteiger partial charge < -0.3 is 14.3 Å². The first-order valence-electron chi connectivity index (χ1n) is 5.21. The molecule has 0 aliphatic carbocycles. The van der Waals surface area contributed by atoms with Gasteiger partial charge in [0.25, 0.3) is 0 Å². The number of hydrogen-bond donors (Lipinski definition) is 2. The van der Waals surface area contributed by atoms with Gasteiger partial charge in [0.2, 0.25) is 15.8 Å². The lowest BCUT2D eigenvalue weighted by molar-refractivity contribution is 0.0661. The maximum absolute atomic E-state index is 11.8. The number of carboxylic acid groups (broad SMARTS) is 1. The molecule has 0 atom stereocenters. The van der Waals surface area contributed by atoms with Gasteiger partial charge in [0.1, 0.15) is 10.7 Å². The molecule has 1 heterocycles. The molecule has 1 aromatic heterocycles. The van der Waals surface area contributed by atoms with Crippen molar-refractivity contribution in [1.82, 2.24) is 4.72 Å². The van der Waals surface area contributed by atoms with E-state index in [2.05, 4.69) is 4.72 Å². The minimum atomic E-state index is -3.75.